The number of sulfonamides is 1. The van der Waals surface area contributed by atoms with Gasteiger partial charge in [0, 0.05) is 25.4 Å². The van der Waals surface area contributed by atoms with E-state index in [-0.39, 0.29) is 17.4 Å². The van der Waals surface area contributed by atoms with Crippen LogP contribution >= 0.6 is 0 Å². The summed E-state index contributed by atoms with van der Waals surface area (Å²) in [6.07, 6.45) is 3.92. The van der Waals surface area contributed by atoms with Crippen molar-refractivity contribution in [3.63, 3.8) is 0 Å². The highest BCUT2D eigenvalue weighted by atomic mass is 32.2. The number of carbonyl (C=O) groups excluding carboxylic acids is 1. The van der Waals surface area contributed by atoms with Crippen molar-refractivity contribution in [1.82, 2.24) is 4.31 Å². The number of carbonyl (C=O) groups is 1. The van der Waals surface area contributed by atoms with E-state index in [9.17, 15) is 13.2 Å². The number of hydrogen-bond acceptors (Lipinski definition) is 4. The molecule has 1 fully saturated rings. The maximum Gasteiger partial charge on any atom is 0.250 e. The largest absolute Gasteiger partial charge is 0.372 e. The lowest BCUT2D eigenvalue weighted by molar-refractivity contribution is -0.120. The average Bonchev–Trinajstić information content (AvgIpc) is 2.84. The van der Waals surface area contributed by atoms with E-state index in [0.29, 0.717) is 30.9 Å². The smallest absolute Gasteiger partial charge is 0.250 e. The second-order valence-electron chi connectivity index (χ2n) is 5.98. The lowest BCUT2D eigenvalue weighted by Crippen LogP contribution is -2.32. The molecular formula is C17H26N2O4S. The van der Waals surface area contributed by atoms with Crippen LogP contribution in [0.25, 0.3) is 0 Å². The van der Waals surface area contributed by atoms with Gasteiger partial charge in [-0.1, -0.05) is 18.9 Å². The lowest BCUT2D eigenvalue weighted by atomic mass is 10.2. The van der Waals surface area contributed by atoms with E-state index >= 15 is 0 Å². The van der Waals surface area contributed by atoms with Crippen LogP contribution in [0.1, 0.15) is 38.2 Å². The molecule has 134 valence electrons. The topological polar surface area (TPSA) is 75.7 Å². The molecule has 0 saturated carbocycles. The van der Waals surface area contributed by atoms with Crippen LogP contribution in [0, 0.1) is 6.92 Å². The first-order chi connectivity index (χ1) is 11.4. The Morgan fingerprint density at radius 2 is 1.88 bits per heavy atom. The predicted octanol–water partition coefficient (Wildman–Crippen LogP) is 2.53. The molecule has 1 amide bonds. The summed E-state index contributed by atoms with van der Waals surface area (Å²) in [5, 5.41) is 2.68. The number of nitrogens with zero attached hydrogens (tertiary/aromatic N) is 1. The van der Waals surface area contributed by atoms with Gasteiger partial charge in [-0.2, -0.15) is 4.31 Å². The molecule has 6 nitrogen and oxygen atoms in total. The molecule has 0 aromatic heterocycles. The molecule has 1 heterocycles. The number of amides is 1. The normalized spacial score (nSPS) is 16.6. The van der Waals surface area contributed by atoms with E-state index in [1.807, 2.05) is 6.92 Å². The summed E-state index contributed by atoms with van der Waals surface area (Å²) in [7, 11) is -3.54. The first kappa shape index (κ1) is 18.9. The van der Waals surface area contributed by atoms with Crippen molar-refractivity contribution in [2.75, 3.05) is 31.6 Å². The summed E-state index contributed by atoms with van der Waals surface area (Å²) in [6, 6.07) is 4.97. The number of nitrogens with one attached hydrogen (secondary N) is 1. The van der Waals surface area contributed by atoms with Crippen LogP contribution in [0.5, 0.6) is 0 Å². The Balaban J connectivity index is 2.22. The summed E-state index contributed by atoms with van der Waals surface area (Å²) in [4.78, 5) is 12.0. The molecule has 24 heavy (non-hydrogen) atoms. The summed E-state index contributed by atoms with van der Waals surface area (Å²) in [5.74, 6) is -0.293. The summed E-state index contributed by atoms with van der Waals surface area (Å²) in [5.41, 5.74) is 1.15. The fraction of sp³-hybridized carbons (Fsp3) is 0.588. The number of benzene rings is 1. The zero-order chi connectivity index (χ0) is 17.6. The Hall–Kier alpha value is -1.44. The Labute approximate surface area is 144 Å². The fourth-order valence-corrected chi connectivity index (χ4v) is 4.54. The number of aryl methyl sites for hydroxylation is 1. The Morgan fingerprint density at radius 1 is 1.21 bits per heavy atom. The van der Waals surface area contributed by atoms with E-state index in [1.54, 1.807) is 29.4 Å². The molecule has 1 saturated heterocycles. The average molecular weight is 354 g/mol. The van der Waals surface area contributed by atoms with E-state index in [0.717, 1.165) is 25.7 Å². The number of rotatable bonds is 6. The van der Waals surface area contributed by atoms with E-state index in [2.05, 4.69) is 5.32 Å². The van der Waals surface area contributed by atoms with Gasteiger partial charge in [-0.05, 0) is 44.4 Å². The Kier molecular flexibility index (Phi) is 6.77. The van der Waals surface area contributed by atoms with Crippen molar-refractivity contribution < 1.29 is 17.9 Å². The van der Waals surface area contributed by atoms with Crippen molar-refractivity contribution >= 4 is 21.6 Å². The first-order valence-corrected chi connectivity index (χ1v) is 9.87. The standard InChI is InChI=1S/C17H26N2O4S/c1-3-23-13-17(20)18-15-9-8-14(2)16(12-15)24(21,22)19-10-6-4-5-7-11-19/h8-9,12H,3-7,10-11,13H2,1-2H3,(H,18,20). The Morgan fingerprint density at radius 3 is 2.50 bits per heavy atom. The summed E-state index contributed by atoms with van der Waals surface area (Å²) < 4.78 is 32.5. The molecule has 0 atom stereocenters. The van der Waals surface area contributed by atoms with Crippen LogP contribution in [0.2, 0.25) is 0 Å². The van der Waals surface area contributed by atoms with Crippen LogP contribution in [0.3, 0.4) is 0 Å². The molecule has 0 radical (unpaired) electrons. The highest BCUT2D eigenvalue weighted by molar-refractivity contribution is 7.89. The molecule has 1 aliphatic rings. The molecule has 2 rings (SSSR count). The van der Waals surface area contributed by atoms with E-state index < -0.39 is 10.0 Å². The van der Waals surface area contributed by atoms with Crippen LogP contribution in [0.4, 0.5) is 5.69 Å². The van der Waals surface area contributed by atoms with Gasteiger partial charge in [0.1, 0.15) is 6.61 Å². The molecule has 0 unspecified atom stereocenters. The Bertz CT molecular complexity index is 665. The molecule has 0 spiro atoms. The SMILES string of the molecule is CCOCC(=O)Nc1ccc(C)c(S(=O)(=O)N2CCCCCC2)c1. The first-order valence-electron chi connectivity index (χ1n) is 8.43. The molecule has 0 bridgehead atoms. The minimum absolute atomic E-state index is 0.0431. The third-order valence-electron chi connectivity index (χ3n) is 4.09. The van der Waals surface area contributed by atoms with Crippen molar-refractivity contribution in [2.24, 2.45) is 0 Å². The van der Waals surface area contributed by atoms with Gasteiger partial charge in [-0.15, -0.1) is 0 Å². The molecular weight excluding hydrogens is 328 g/mol. The van der Waals surface area contributed by atoms with Gasteiger partial charge < -0.3 is 10.1 Å². The molecule has 7 heteroatoms. The van der Waals surface area contributed by atoms with Crippen molar-refractivity contribution in [3.8, 4) is 0 Å². The summed E-state index contributed by atoms with van der Waals surface area (Å²) in [6.45, 7) is 5.11. The van der Waals surface area contributed by atoms with Gasteiger partial charge in [0.2, 0.25) is 15.9 Å². The number of hydrogen-bond donors (Lipinski definition) is 1. The second kappa shape index (κ2) is 8.60. The van der Waals surface area contributed by atoms with Crippen molar-refractivity contribution in [2.45, 2.75) is 44.4 Å². The number of anilines is 1. The quantitative estimate of drug-likeness (QED) is 0.852. The van der Waals surface area contributed by atoms with Gasteiger partial charge >= 0.3 is 0 Å². The third-order valence-corrected chi connectivity index (χ3v) is 6.13. The van der Waals surface area contributed by atoms with Crippen LogP contribution in [-0.4, -0.2) is 44.9 Å². The van der Waals surface area contributed by atoms with E-state index in [4.69, 9.17) is 4.74 Å². The molecule has 1 aliphatic heterocycles. The van der Waals surface area contributed by atoms with Crippen LogP contribution in [-0.2, 0) is 19.6 Å². The minimum atomic E-state index is -3.54. The molecule has 1 aromatic carbocycles. The second-order valence-corrected chi connectivity index (χ2v) is 7.89. The van der Waals surface area contributed by atoms with Gasteiger partial charge in [-0.25, -0.2) is 8.42 Å². The maximum absolute atomic E-state index is 13.0. The minimum Gasteiger partial charge on any atom is -0.372 e. The maximum atomic E-state index is 13.0. The molecule has 1 N–H and O–H groups in total. The van der Waals surface area contributed by atoms with Gasteiger partial charge in [0.05, 0.1) is 4.90 Å². The molecule has 1 aromatic rings. The van der Waals surface area contributed by atoms with Crippen molar-refractivity contribution in [3.05, 3.63) is 23.8 Å². The highest BCUT2D eigenvalue weighted by Gasteiger charge is 2.27. The highest BCUT2D eigenvalue weighted by Crippen LogP contribution is 2.25. The van der Waals surface area contributed by atoms with Gasteiger partial charge in [0.25, 0.3) is 0 Å². The van der Waals surface area contributed by atoms with Gasteiger partial charge in [0.15, 0.2) is 0 Å². The van der Waals surface area contributed by atoms with Crippen LogP contribution in [0.15, 0.2) is 23.1 Å². The zero-order valence-corrected chi connectivity index (χ0v) is 15.2. The molecule has 0 aliphatic carbocycles. The zero-order valence-electron chi connectivity index (χ0n) is 14.4. The lowest BCUT2D eigenvalue weighted by Gasteiger charge is -2.21. The summed E-state index contributed by atoms with van der Waals surface area (Å²) >= 11 is 0. The van der Waals surface area contributed by atoms with Gasteiger partial charge in [-0.3, -0.25) is 4.79 Å². The number of ether oxygens (including phenoxy) is 1. The van der Waals surface area contributed by atoms with Crippen molar-refractivity contribution in [1.29, 1.82) is 0 Å². The van der Waals surface area contributed by atoms with E-state index in [1.165, 1.54) is 0 Å². The fourth-order valence-electron chi connectivity index (χ4n) is 2.77. The van der Waals surface area contributed by atoms with Crippen LogP contribution < -0.4 is 5.32 Å². The monoisotopic (exact) mass is 354 g/mol. The predicted molar refractivity (Wildman–Crippen MR) is 93.5 cm³/mol. The third kappa shape index (κ3) is 4.78.